The molecule has 2 heterocycles. The second-order valence-corrected chi connectivity index (χ2v) is 15.1. The minimum absolute atomic E-state index is 0.325. The van der Waals surface area contributed by atoms with Crippen molar-refractivity contribution in [2.45, 2.75) is 19.3 Å². The number of furan rings is 1. The molecule has 0 radical (unpaired) electrons. The van der Waals surface area contributed by atoms with E-state index in [2.05, 4.69) is 172 Å². The highest BCUT2D eigenvalue weighted by Gasteiger charge is 2.41. The number of para-hydroxylation sites is 1. The number of benzene rings is 8. The number of nitrogens with zero attached hydrogens (tertiary/aromatic N) is 3. The Labute approximate surface area is 324 Å². The molecule has 8 aromatic carbocycles. The summed E-state index contributed by atoms with van der Waals surface area (Å²) in [6.45, 7) is 4.68. The highest BCUT2D eigenvalue weighted by molar-refractivity contribution is 6.24. The Hall–Kier alpha value is -7.17. The van der Waals surface area contributed by atoms with Gasteiger partial charge >= 0.3 is 0 Å². The van der Waals surface area contributed by atoms with E-state index in [0.29, 0.717) is 17.5 Å². The van der Waals surface area contributed by atoms with Crippen LogP contribution in [0.4, 0.5) is 0 Å². The molecule has 2 aromatic heterocycles. The first-order valence-electron chi connectivity index (χ1n) is 19.1. The second kappa shape index (κ2) is 12.4. The highest BCUT2D eigenvalue weighted by atomic mass is 16.3. The third kappa shape index (κ3) is 4.96. The third-order valence-electron chi connectivity index (χ3n) is 11.5. The molecule has 1 aliphatic carbocycles. The van der Waals surface area contributed by atoms with Crippen LogP contribution in [-0.4, -0.2) is 15.0 Å². The molecule has 1 aliphatic rings. The van der Waals surface area contributed by atoms with Crippen LogP contribution in [0.1, 0.15) is 25.0 Å². The largest absolute Gasteiger partial charge is 0.455 e. The maximum atomic E-state index is 6.67. The molecule has 4 nitrogen and oxygen atoms in total. The first-order valence-corrected chi connectivity index (χ1v) is 19.1. The number of aromatic nitrogens is 3. The molecule has 0 unspecified atom stereocenters. The monoisotopic (exact) mass is 717 g/mol. The van der Waals surface area contributed by atoms with Crippen molar-refractivity contribution in [3.63, 3.8) is 0 Å². The topological polar surface area (TPSA) is 51.8 Å². The van der Waals surface area contributed by atoms with Gasteiger partial charge in [-0.15, -0.1) is 0 Å². The molecule has 4 heteroatoms. The van der Waals surface area contributed by atoms with Gasteiger partial charge in [0.05, 0.1) is 0 Å². The molecule has 0 amide bonds. The Morgan fingerprint density at radius 2 is 0.875 bits per heavy atom. The van der Waals surface area contributed by atoms with E-state index in [4.69, 9.17) is 19.4 Å². The number of fused-ring (bicyclic) bond motifs is 10. The maximum Gasteiger partial charge on any atom is 0.164 e. The molecule has 0 aliphatic heterocycles. The summed E-state index contributed by atoms with van der Waals surface area (Å²) >= 11 is 0. The Morgan fingerprint density at radius 3 is 1.48 bits per heavy atom. The van der Waals surface area contributed by atoms with Crippen LogP contribution >= 0.6 is 0 Å². The average Bonchev–Trinajstić information content (AvgIpc) is 3.77. The van der Waals surface area contributed by atoms with E-state index >= 15 is 0 Å². The van der Waals surface area contributed by atoms with Crippen LogP contribution in [0.15, 0.2) is 180 Å². The van der Waals surface area contributed by atoms with Crippen LogP contribution in [0.5, 0.6) is 0 Å². The van der Waals surface area contributed by atoms with Crippen molar-refractivity contribution >= 4 is 32.7 Å². The van der Waals surface area contributed by atoms with Gasteiger partial charge in [-0.25, -0.2) is 15.0 Å². The van der Waals surface area contributed by atoms with Gasteiger partial charge in [-0.3, -0.25) is 0 Å². The molecule has 0 fully saturated rings. The lowest BCUT2D eigenvalue weighted by Crippen LogP contribution is -2.15. The lowest BCUT2D eigenvalue weighted by molar-refractivity contribution is 0.659. The number of hydrogen-bond donors (Lipinski definition) is 0. The van der Waals surface area contributed by atoms with Crippen LogP contribution in [0, 0.1) is 0 Å². The lowest BCUT2D eigenvalue weighted by atomic mass is 9.79. The quantitative estimate of drug-likeness (QED) is 0.178. The summed E-state index contributed by atoms with van der Waals surface area (Å²) in [5, 5.41) is 4.57. The van der Waals surface area contributed by atoms with Gasteiger partial charge in [0.1, 0.15) is 11.2 Å². The number of rotatable bonds is 5. The van der Waals surface area contributed by atoms with Gasteiger partial charge in [0.15, 0.2) is 17.5 Å². The van der Waals surface area contributed by atoms with Gasteiger partial charge in [-0.05, 0) is 56.0 Å². The molecule has 0 saturated heterocycles. The Kier molecular flexibility index (Phi) is 7.17. The van der Waals surface area contributed by atoms with E-state index in [1.165, 1.54) is 33.2 Å². The lowest BCUT2D eigenvalue weighted by Gasteiger charge is -2.23. The standard InChI is InChI=1S/C52H35N3O/c1-52(2)42-22-13-21-41(44(42)45-38-18-9-10-19-39(38)48-46(47(45)52)40-20-11-12-23-43(40)56-48)51-54-49(36-28-24-34(25-29-36)32-14-5-3-6-15-32)53-50(55-51)37-30-26-35(27-31-37)33-16-7-4-8-17-33/h3-31H,1-2H3. The fourth-order valence-electron chi connectivity index (χ4n) is 8.83. The number of hydrogen-bond acceptors (Lipinski definition) is 4. The summed E-state index contributed by atoms with van der Waals surface area (Å²) < 4.78 is 6.67. The summed E-state index contributed by atoms with van der Waals surface area (Å²) in [6.07, 6.45) is 0. The zero-order valence-electron chi connectivity index (χ0n) is 31.0. The molecule has 11 rings (SSSR count). The molecule has 10 aromatic rings. The first kappa shape index (κ1) is 32.3. The van der Waals surface area contributed by atoms with Gasteiger partial charge in [0, 0.05) is 38.3 Å². The van der Waals surface area contributed by atoms with Crippen molar-refractivity contribution in [3.05, 3.63) is 187 Å². The molecule has 0 saturated carbocycles. The molecule has 0 N–H and O–H groups in total. The van der Waals surface area contributed by atoms with Crippen molar-refractivity contribution in [2.24, 2.45) is 0 Å². The van der Waals surface area contributed by atoms with E-state index in [9.17, 15) is 0 Å². The molecular weight excluding hydrogens is 683 g/mol. The van der Waals surface area contributed by atoms with E-state index in [1.807, 2.05) is 18.2 Å². The van der Waals surface area contributed by atoms with Crippen molar-refractivity contribution in [1.29, 1.82) is 0 Å². The van der Waals surface area contributed by atoms with Gasteiger partial charge in [-0.2, -0.15) is 0 Å². The fourth-order valence-corrected chi connectivity index (χ4v) is 8.83. The summed E-state index contributed by atoms with van der Waals surface area (Å²) in [5.41, 5.74) is 13.9. The van der Waals surface area contributed by atoms with E-state index in [1.54, 1.807) is 0 Å². The van der Waals surface area contributed by atoms with Crippen molar-refractivity contribution in [1.82, 2.24) is 15.0 Å². The second-order valence-electron chi connectivity index (χ2n) is 15.1. The Morgan fingerprint density at radius 1 is 0.393 bits per heavy atom. The molecule has 0 bridgehead atoms. The van der Waals surface area contributed by atoms with Gasteiger partial charge in [0.25, 0.3) is 0 Å². The zero-order chi connectivity index (χ0) is 37.4. The molecule has 56 heavy (non-hydrogen) atoms. The molecule has 264 valence electrons. The van der Waals surface area contributed by atoms with Crippen molar-refractivity contribution in [3.8, 4) is 67.5 Å². The summed E-state index contributed by atoms with van der Waals surface area (Å²) in [4.78, 5) is 15.8. The van der Waals surface area contributed by atoms with E-state index in [-0.39, 0.29) is 5.41 Å². The van der Waals surface area contributed by atoms with Crippen molar-refractivity contribution < 1.29 is 4.42 Å². The summed E-state index contributed by atoms with van der Waals surface area (Å²) in [7, 11) is 0. The Balaban J connectivity index is 1.15. The Bertz CT molecular complexity index is 3030. The molecule has 0 spiro atoms. The van der Waals surface area contributed by atoms with E-state index in [0.717, 1.165) is 60.7 Å². The SMILES string of the molecule is CC1(C)c2cccc(-c3nc(-c4ccc(-c5ccccc5)cc4)nc(-c4ccc(-c5ccccc5)cc4)n3)c2-c2c1c1c3ccccc3oc1c1ccccc21. The normalized spacial score (nSPS) is 13.0. The zero-order valence-corrected chi connectivity index (χ0v) is 31.0. The predicted molar refractivity (Wildman–Crippen MR) is 229 cm³/mol. The van der Waals surface area contributed by atoms with Gasteiger partial charge in [-0.1, -0.05) is 184 Å². The maximum absolute atomic E-state index is 6.67. The van der Waals surface area contributed by atoms with Gasteiger partial charge in [0.2, 0.25) is 0 Å². The fraction of sp³-hybridized carbons (Fsp3) is 0.0577. The van der Waals surface area contributed by atoms with Crippen molar-refractivity contribution in [2.75, 3.05) is 0 Å². The highest BCUT2D eigenvalue weighted by Crippen LogP contribution is 2.58. The molecule has 0 atom stereocenters. The minimum Gasteiger partial charge on any atom is -0.455 e. The smallest absolute Gasteiger partial charge is 0.164 e. The van der Waals surface area contributed by atoms with E-state index < -0.39 is 0 Å². The summed E-state index contributed by atoms with van der Waals surface area (Å²) in [6, 6.07) is 61.6. The van der Waals surface area contributed by atoms with Crippen LogP contribution < -0.4 is 0 Å². The summed E-state index contributed by atoms with van der Waals surface area (Å²) in [5.74, 6) is 1.91. The van der Waals surface area contributed by atoms with Crippen LogP contribution in [-0.2, 0) is 5.41 Å². The van der Waals surface area contributed by atoms with Crippen LogP contribution in [0.3, 0.4) is 0 Å². The first-order chi connectivity index (χ1) is 27.5. The van der Waals surface area contributed by atoms with Crippen LogP contribution in [0.25, 0.3) is 100 Å². The average molecular weight is 718 g/mol. The third-order valence-corrected chi connectivity index (χ3v) is 11.5. The van der Waals surface area contributed by atoms with Crippen LogP contribution in [0.2, 0.25) is 0 Å². The molecular formula is C52H35N3O. The predicted octanol–water partition coefficient (Wildman–Crippen LogP) is 13.6. The minimum atomic E-state index is -0.325. The van der Waals surface area contributed by atoms with Gasteiger partial charge < -0.3 is 4.42 Å².